The van der Waals surface area contributed by atoms with Gasteiger partial charge in [0, 0.05) is 35.1 Å². The highest BCUT2D eigenvalue weighted by Crippen LogP contribution is 2.28. The second-order valence-electron chi connectivity index (χ2n) is 11.1. The first-order valence-electron chi connectivity index (χ1n) is 13.2. The summed E-state index contributed by atoms with van der Waals surface area (Å²) in [5, 5.41) is 14.4. The fourth-order valence-electron chi connectivity index (χ4n) is 4.41. The molecule has 3 aromatic rings. The Morgan fingerprint density at radius 3 is 2.21 bits per heavy atom. The first kappa shape index (κ1) is 32.7. The molecule has 10 nitrogen and oxygen atoms in total. The molecule has 42 heavy (non-hydrogen) atoms. The highest BCUT2D eigenvalue weighted by molar-refractivity contribution is 9.10. The highest BCUT2D eigenvalue weighted by Gasteiger charge is 2.35. The van der Waals surface area contributed by atoms with Crippen LogP contribution in [0, 0.1) is 17.0 Å². The Morgan fingerprint density at radius 1 is 1.00 bits per heavy atom. The lowest BCUT2D eigenvalue weighted by atomic mass is 10.0. The van der Waals surface area contributed by atoms with Gasteiger partial charge in [-0.2, -0.15) is 0 Å². The molecule has 1 atom stereocenters. The van der Waals surface area contributed by atoms with Gasteiger partial charge in [0.15, 0.2) is 0 Å². The number of amides is 2. The normalized spacial score (nSPS) is 12.3. The molecule has 2 amide bonds. The van der Waals surface area contributed by atoms with Gasteiger partial charge in [-0.05, 0) is 56.5 Å². The van der Waals surface area contributed by atoms with Crippen LogP contribution in [0.1, 0.15) is 37.5 Å². The third kappa shape index (κ3) is 9.12. The number of sulfonamides is 1. The van der Waals surface area contributed by atoms with Crippen LogP contribution in [0.5, 0.6) is 0 Å². The number of nitrogens with one attached hydrogen (secondary N) is 1. The van der Waals surface area contributed by atoms with Crippen LogP contribution in [0.2, 0.25) is 0 Å². The lowest BCUT2D eigenvalue weighted by Gasteiger charge is -2.35. The third-order valence-electron chi connectivity index (χ3n) is 6.36. The number of aryl methyl sites for hydroxylation is 1. The number of halogens is 1. The van der Waals surface area contributed by atoms with Crippen molar-refractivity contribution < 1.29 is 22.9 Å². The number of rotatable bonds is 11. The molecule has 0 fully saturated rings. The summed E-state index contributed by atoms with van der Waals surface area (Å²) in [4.78, 5) is 40.2. The molecule has 0 saturated heterocycles. The summed E-state index contributed by atoms with van der Waals surface area (Å²) in [6, 6.07) is 19.4. The van der Waals surface area contributed by atoms with E-state index in [4.69, 9.17) is 0 Å². The van der Waals surface area contributed by atoms with Gasteiger partial charge in [-0.3, -0.25) is 24.0 Å². The zero-order chi connectivity index (χ0) is 31.2. The van der Waals surface area contributed by atoms with Crippen molar-refractivity contribution in [3.8, 4) is 0 Å². The topological polar surface area (TPSA) is 130 Å². The minimum absolute atomic E-state index is 0.0128. The quantitative estimate of drug-likeness (QED) is 0.228. The van der Waals surface area contributed by atoms with E-state index in [2.05, 4.69) is 21.2 Å². The molecule has 3 rings (SSSR count). The minimum atomic E-state index is -4.07. The Labute approximate surface area is 255 Å². The molecule has 0 saturated carbocycles. The molecule has 0 aliphatic rings. The standard InChI is InChI=1S/C30H35BrN4O6S/c1-21-14-15-25(35(38)39)18-26(21)34(42(5,40)41)20-28(36)33(19-23-12-9-13-24(31)16-23)27(29(37)32-30(2,3)4)17-22-10-7-6-8-11-22/h6-16,18,27H,17,19-20H2,1-5H3,(H,32,37)/t27-/m1/s1. The summed E-state index contributed by atoms with van der Waals surface area (Å²) in [6.07, 6.45) is 1.11. The van der Waals surface area contributed by atoms with E-state index in [0.717, 1.165) is 32.2 Å². The molecule has 0 aromatic heterocycles. The zero-order valence-corrected chi connectivity index (χ0v) is 26.6. The minimum Gasteiger partial charge on any atom is -0.350 e. The van der Waals surface area contributed by atoms with Gasteiger partial charge in [0.05, 0.1) is 16.9 Å². The van der Waals surface area contributed by atoms with Crippen molar-refractivity contribution in [3.05, 3.63) is 104 Å². The molecular weight excluding hydrogens is 624 g/mol. The monoisotopic (exact) mass is 658 g/mol. The van der Waals surface area contributed by atoms with Gasteiger partial charge in [0.25, 0.3) is 5.69 Å². The van der Waals surface area contributed by atoms with E-state index in [1.165, 1.54) is 17.0 Å². The van der Waals surface area contributed by atoms with Gasteiger partial charge < -0.3 is 10.2 Å². The maximum absolute atomic E-state index is 14.2. The van der Waals surface area contributed by atoms with E-state index in [-0.39, 0.29) is 24.3 Å². The molecule has 0 aliphatic heterocycles. The second-order valence-corrected chi connectivity index (χ2v) is 13.9. The van der Waals surface area contributed by atoms with Gasteiger partial charge in [-0.1, -0.05) is 64.5 Å². The number of hydrogen-bond acceptors (Lipinski definition) is 6. The molecule has 0 aliphatic carbocycles. The number of nitro groups is 1. The van der Waals surface area contributed by atoms with Crippen LogP contribution in [-0.2, 0) is 32.6 Å². The van der Waals surface area contributed by atoms with E-state index >= 15 is 0 Å². The molecule has 3 aromatic carbocycles. The summed E-state index contributed by atoms with van der Waals surface area (Å²) in [6.45, 7) is 6.46. The number of anilines is 1. The maximum atomic E-state index is 14.2. The number of nitro benzene ring substituents is 1. The van der Waals surface area contributed by atoms with Crippen molar-refractivity contribution in [2.45, 2.75) is 52.2 Å². The maximum Gasteiger partial charge on any atom is 0.271 e. The number of carbonyl (C=O) groups is 2. The number of carbonyl (C=O) groups excluding carboxylic acids is 2. The molecule has 1 N–H and O–H groups in total. The van der Waals surface area contributed by atoms with Gasteiger partial charge in [0.2, 0.25) is 21.8 Å². The number of non-ortho nitro benzene ring substituents is 1. The van der Waals surface area contributed by atoms with Crippen LogP contribution < -0.4 is 9.62 Å². The average molecular weight is 660 g/mol. The van der Waals surface area contributed by atoms with Crippen molar-refractivity contribution in [1.29, 1.82) is 0 Å². The Kier molecular flexibility index (Phi) is 10.5. The molecule has 224 valence electrons. The first-order valence-corrected chi connectivity index (χ1v) is 15.8. The van der Waals surface area contributed by atoms with E-state index < -0.39 is 44.9 Å². The van der Waals surface area contributed by atoms with Crippen LogP contribution >= 0.6 is 15.9 Å². The molecule has 0 heterocycles. The Bertz CT molecular complexity index is 1560. The van der Waals surface area contributed by atoms with Crippen LogP contribution in [0.4, 0.5) is 11.4 Å². The van der Waals surface area contributed by atoms with Crippen molar-refractivity contribution in [3.63, 3.8) is 0 Å². The van der Waals surface area contributed by atoms with Crippen molar-refractivity contribution >= 4 is 49.1 Å². The van der Waals surface area contributed by atoms with Crippen molar-refractivity contribution in [2.24, 2.45) is 0 Å². The predicted molar refractivity (Wildman–Crippen MR) is 167 cm³/mol. The number of benzene rings is 3. The lowest BCUT2D eigenvalue weighted by Crippen LogP contribution is -2.56. The van der Waals surface area contributed by atoms with E-state index in [0.29, 0.717) is 5.56 Å². The second kappa shape index (κ2) is 13.5. The molecule has 0 spiro atoms. The predicted octanol–water partition coefficient (Wildman–Crippen LogP) is 4.99. The van der Waals surface area contributed by atoms with E-state index in [1.54, 1.807) is 13.0 Å². The highest BCUT2D eigenvalue weighted by atomic mass is 79.9. The number of nitrogens with zero attached hydrogens (tertiary/aromatic N) is 3. The Morgan fingerprint density at radius 2 is 1.64 bits per heavy atom. The molecule has 0 radical (unpaired) electrons. The van der Waals surface area contributed by atoms with Gasteiger partial charge in [0.1, 0.15) is 12.6 Å². The third-order valence-corrected chi connectivity index (χ3v) is 7.98. The molecule has 12 heteroatoms. The van der Waals surface area contributed by atoms with Crippen molar-refractivity contribution in [2.75, 3.05) is 17.1 Å². The Hall–Kier alpha value is -3.77. The summed E-state index contributed by atoms with van der Waals surface area (Å²) in [5.74, 6) is -1.04. The van der Waals surface area contributed by atoms with Gasteiger partial charge in [-0.15, -0.1) is 0 Å². The summed E-state index contributed by atoms with van der Waals surface area (Å²) in [5.41, 5.74) is 1.07. The van der Waals surface area contributed by atoms with Crippen LogP contribution in [0.15, 0.2) is 77.3 Å². The first-order chi connectivity index (χ1) is 19.5. The summed E-state index contributed by atoms with van der Waals surface area (Å²) < 4.78 is 27.6. The zero-order valence-electron chi connectivity index (χ0n) is 24.2. The summed E-state index contributed by atoms with van der Waals surface area (Å²) >= 11 is 3.45. The smallest absolute Gasteiger partial charge is 0.271 e. The fourth-order valence-corrected chi connectivity index (χ4v) is 5.76. The van der Waals surface area contributed by atoms with Gasteiger partial charge in [-0.25, -0.2) is 8.42 Å². The molecule has 0 unspecified atom stereocenters. The van der Waals surface area contributed by atoms with Crippen LogP contribution in [-0.4, -0.2) is 54.4 Å². The fraction of sp³-hybridized carbons (Fsp3) is 0.333. The average Bonchev–Trinajstić information content (AvgIpc) is 2.88. The van der Waals surface area contributed by atoms with Crippen molar-refractivity contribution in [1.82, 2.24) is 10.2 Å². The molecule has 0 bridgehead atoms. The van der Waals surface area contributed by atoms with E-state index in [9.17, 15) is 28.1 Å². The largest absolute Gasteiger partial charge is 0.350 e. The van der Waals surface area contributed by atoms with Crippen LogP contribution in [0.25, 0.3) is 0 Å². The van der Waals surface area contributed by atoms with Crippen LogP contribution in [0.3, 0.4) is 0 Å². The SMILES string of the molecule is Cc1ccc([N+](=O)[O-])cc1N(CC(=O)N(Cc1cccc(Br)c1)[C@H](Cc1ccccc1)C(=O)NC(C)(C)C)S(C)(=O)=O. The summed E-state index contributed by atoms with van der Waals surface area (Å²) in [7, 11) is -4.07. The number of hydrogen-bond donors (Lipinski definition) is 1. The Balaban J connectivity index is 2.13. The lowest BCUT2D eigenvalue weighted by molar-refractivity contribution is -0.384. The van der Waals surface area contributed by atoms with Gasteiger partial charge >= 0.3 is 0 Å². The van der Waals surface area contributed by atoms with E-state index in [1.807, 2.05) is 69.3 Å². The molecular formula is C30H35BrN4O6S.